The Balaban J connectivity index is 1.73. The number of para-hydroxylation sites is 1. The van der Waals surface area contributed by atoms with Crippen molar-refractivity contribution in [1.29, 1.82) is 0 Å². The van der Waals surface area contributed by atoms with Crippen molar-refractivity contribution < 1.29 is 18.7 Å². The summed E-state index contributed by atoms with van der Waals surface area (Å²) in [5.41, 5.74) is 2.69. The van der Waals surface area contributed by atoms with Crippen molar-refractivity contribution in [2.75, 3.05) is 5.32 Å². The number of aromatic nitrogens is 1. The van der Waals surface area contributed by atoms with Crippen LogP contribution in [-0.2, 0) is 9.53 Å². The fourth-order valence-corrected chi connectivity index (χ4v) is 2.73. The number of ether oxygens (including phenoxy) is 1. The van der Waals surface area contributed by atoms with Crippen molar-refractivity contribution in [3.63, 3.8) is 0 Å². The molecule has 0 aliphatic heterocycles. The Bertz CT molecular complexity index is 994. The van der Waals surface area contributed by atoms with Gasteiger partial charge in [-0.1, -0.05) is 24.3 Å². The molecule has 6 heteroatoms. The summed E-state index contributed by atoms with van der Waals surface area (Å²) in [7, 11) is 0. The first-order chi connectivity index (χ1) is 12.4. The number of hydrogen-bond donors (Lipinski definition) is 2. The number of fused-ring (bicyclic) bond motifs is 1. The van der Waals surface area contributed by atoms with Gasteiger partial charge in [0.1, 0.15) is 5.82 Å². The van der Waals surface area contributed by atoms with Gasteiger partial charge < -0.3 is 15.0 Å². The van der Waals surface area contributed by atoms with Gasteiger partial charge in [0.15, 0.2) is 6.10 Å². The van der Waals surface area contributed by atoms with E-state index in [4.69, 9.17) is 4.74 Å². The minimum atomic E-state index is -1.03. The largest absolute Gasteiger partial charge is 0.449 e. The smallest absolute Gasteiger partial charge is 0.341 e. The average Bonchev–Trinajstić information content (AvgIpc) is 2.93. The van der Waals surface area contributed by atoms with Gasteiger partial charge >= 0.3 is 5.97 Å². The minimum absolute atomic E-state index is 0.310. The third-order valence-corrected chi connectivity index (χ3v) is 4.19. The van der Waals surface area contributed by atoms with Gasteiger partial charge in [-0.2, -0.15) is 0 Å². The summed E-state index contributed by atoms with van der Waals surface area (Å²) in [5.74, 6) is -1.53. The molecule has 26 heavy (non-hydrogen) atoms. The van der Waals surface area contributed by atoms with E-state index < -0.39 is 23.8 Å². The number of aryl methyl sites for hydroxylation is 2. The molecule has 2 aromatic carbocycles. The summed E-state index contributed by atoms with van der Waals surface area (Å²) >= 11 is 0. The van der Waals surface area contributed by atoms with Crippen molar-refractivity contribution >= 4 is 28.5 Å². The molecule has 134 valence electrons. The molecule has 0 saturated heterocycles. The van der Waals surface area contributed by atoms with Gasteiger partial charge in [-0.3, -0.25) is 4.79 Å². The number of carbonyl (C=O) groups is 2. The van der Waals surface area contributed by atoms with Gasteiger partial charge in [0.05, 0.1) is 5.56 Å². The number of esters is 1. The number of amides is 1. The van der Waals surface area contributed by atoms with Crippen LogP contribution in [0.3, 0.4) is 0 Å². The van der Waals surface area contributed by atoms with E-state index >= 15 is 0 Å². The first-order valence-electron chi connectivity index (χ1n) is 8.22. The third-order valence-electron chi connectivity index (χ3n) is 4.19. The van der Waals surface area contributed by atoms with Gasteiger partial charge in [-0.25, -0.2) is 9.18 Å². The van der Waals surface area contributed by atoms with Crippen LogP contribution in [0.4, 0.5) is 10.1 Å². The van der Waals surface area contributed by atoms with E-state index in [0.717, 1.165) is 10.9 Å². The maximum Gasteiger partial charge on any atom is 0.341 e. The Morgan fingerprint density at radius 2 is 1.88 bits per heavy atom. The lowest BCUT2D eigenvalue weighted by atomic mass is 10.1. The average molecular weight is 354 g/mol. The maximum atomic E-state index is 13.6. The van der Waals surface area contributed by atoms with Crippen LogP contribution in [0.5, 0.6) is 0 Å². The molecule has 1 amide bonds. The third kappa shape index (κ3) is 3.44. The first-order valence-corrected chi connectivity index (χ1v) is 8.22. The number of rotatable bonds is 4. The molecule has 0 aliphatic carbocycles. The number of aromatic amines is 1. The van der Waals surface area contributed by atoms with E-state index in [-0.39, 0.29) is 0 Å². The zero-order valence-electron chi connectivity index (χ0n) is 14.7. The van der Waals surface area contributed by atoms with E-state index in [9.17, 15) is 14.0 Å². The van der Waals surface area contributed by atoms with Crippen LogP contribution < -0.4 is 5.32 Å². The van der Waals surface area contributed by atoms with Crippen LogP contribution >= 0.6 is 0 Å². The van der Waals surface area contributed by atoms with Crippen LogP contribution in [0.15, 0.2) is 42.5 Å². The second-order valence-electron chi connectivity index (χ2n) is 6.17. The van der Waals surface area contributed by atoms with Crippen LogP contribution in [0.25, 0.3) is 10.9 Å². The molecule has 3 aromatic rings. The summed E-state index contributed by atoms with van der Waals surface area (Å²) in [5, 5.41) is 3.29. The maximum absolute atomic E-state index is 13.6. The molecule has 0 aliphatic rings. The Morgan fingerprint density at radius 1 is 1.15 bits per heavy atom. The number of nitrogens with one attached hydrogen (secondary N) is 2. The number of hydrogen-bond acceptors (Lipinski definition) is 3. The SMILES string of the molecule is Cc1ccc(NC(=O)C(C)OC(=O)c2c(C)[nH]c3ccccc23)cc1F. The Hall–Kier alpha value is -3.15. The molecule has 0 bridgehead atoms. The molecule has 5 nitrogen and oxygen atoms in total. The van der Waals surface area contributed by atoms with Crippen molar-refractivity contribution in [1.82, 2.24) is 4.98 Å². The molecule has 1 heterocycles. The second-order valence-corrected chi connectivity index (χ2v) is 6.17. The predicted molar refractivity (Wildman–Crippen MR) is 97.7 cm³/mol. The Morgan fingerprint density at radius 3 is 2.62 bits per heavy atom. The number of H-pyrrole nitrogens is 1. The molecule has 1 unspecified atom stereocenters. The van der Waals surface area contributed by atoms with Crippen LogP contribution in [0.1, 0.15) is 28.5 Å². The molecule has 0 radical (unpaired) electrons. The molecule has 2 N–H and O–H groups in total. The normalized spacial score (nSPS) is 12.0. The highest BCUT2D eigenvalue weighted by molar-refractivity contribution is 6.06. The molecule has 3 rings (SSSR count). The van der Waals surface area contributed by atoms with Gasteiger partial charge in [0.25, 0.3) is 5.91 Å². The summed E-state index contributed by atoms with van der Waals surface area (Å²) in [6.07, 6.45) is -1.03. The van der Waals surface area contributed by atoms with E-state index in [0.29, 0.717) is 22.5 Å². The molecule has 0 spiro atoms. The van der Waals surface area contributed by atoms with Gasteiger partial charge in [0, 0.05) is 22.3 Å². The monoisotopic (exact) mass is 354 g/mol. The van der Waals surface area contributed by atoms with E-state index in [1.165, 1.54) is 13.0 Å². The highest BCUT2D eigenvalue weighted by Crippen LogP contribution is 2.23. The molecule has 1 atom stereocenters. The van der Waals surface area contributed by atoms with E-state index in [1.54, 1.807) is 26.0 Å². The Kier molecular flexibility index (Phi) is 4.75. The van der Waals surface area contributed by atoms with Crippen molar-refractivity contribution in [2.24, 2.45) is 0 Å². The lowest BCUT2D eigenvalue weighted by Crippen LogP contribution is -2.30. The quantitative estimate of drug-likeness (QED) is 0.693. The second kappa shape index (κ2) is 7.00. The summed E-state index contributed by atoms with van der Waals surface area (Å²) in [6.45, 7) is 4.88. The van der Waals surface area contributed by atoms with E-state index in [2.05, 4.69) is 10.3 Å². The highest BCUT2D eigenvalue weighted by atomic mass is 19.1. The molecule has 1 aromatic heterocycles. The molecular weight excluding hydrogens is 335 g/mol. The lowest BCUT2D eigenvalue weighted by molar-refractivity contribution is -0.123. The number of anilines is 1. The molecule has 0 saturated carbocycles. The summed E-state index contributed by atoms with van der Waals surface area (Å²) in [4.78, 5) is 27.9. The summed E-state index contributed by atoms with van der Waals surface area (Å²) < 4.78 is 18.9. The van der Waals surface area contributed by atoms with E-state index in [1.807, 2.05) is 24.3 Å². The van der Waals surface area contributed by atoms with Gasteiger partial charge in [0.2, 0.25) is 0 Å². The van der Waals surface area contributed by atoms with Crippen LogP contribution in [-0.4, -0.2) is 23.0 Å². The van der Waals surface area contributed by atoms with Crippen molar-refractivity contribution in [3.05, 3.63) is 65.1 Å². The fraction of sp³-hybridized carbons (Fsp3) is 0.200. The number of benzene rings is 2. The molecular formula is C20H19FN2O3. The van der Waals surface area contributed by atoms with Crippen LogP contribution in [0, 0.1) is 19.7 Å². The topological polar surface area (TPSA) is 71.2 Å². The standard InChI is InChI=1S/C20H19FN2O3/c1-11-8-9-14(10-16(11)21)23-19(24)13(3)26-20(25)18-12(2)22-17-7-5-4-6-15(17)18/h4-10,13,22H,1-3H3,(H,23,24). The van der Waals surface area contributed by atoms with Crippen molar-refractivity contribution in [3.8, 4) is 0 Å². The summed E-state index contributed by atoms with van der Waals surface area (Å²) in [6, 6.07) is 11.8. The zero-order valence-corrected chi connectivity index (χ0v) is 14.7. The number of carbonyl (C=O) groups excluding carboxylic acids is 2. The lowest BCUT2D eigenvalue weighted by Gasteiger charge is -2.14. The first kappa shape index (κ1) is 17.7. The van der Waals surface area contributed by atoms with Crippen molar-refractivity contribution in [2.45, 2.75) is 26.9 Å². The Labute approximate surface area is 150 Å². The van der Waals surface area contributed by atoms with Gasteiger partial charge in [-0.05, 0) is 44.5 Å². The highest BCUT2D eigenvalue weighted by Gasteiger charge is 2.23. The molecule has 0 fully saturated rings. The van der Waals surface area contributed by atoms with Crippen LogP contribution in [0.2, 0.25) is 0 Å². The fourth-order valence-electron chi connectivity index (χ4n) is 2.73. The minimum Gasteiger partial charge on any atom is -0.449 e. The van der Waals surface area contributed by atoms with Gasteiger partial charge in [-0.15, -0.1) is 0 Å². The predicted octanol–water partition coefficient (Wildman–Crippen LogP) is 4.11. The number of halogens is 1. The zero-order chi connectivity index (χ0) is 18.8.